The molecule has 15 heavy (non-hydrogen) atoms. The third-order valence-corrected chi connectivity index (χ3v) is 3.07. The number of thioether (sulfide) groups is 1. The monoisotopic (exact) mass is 215 g/mol. The minimum absolute atomic E-state index is 0.691. The van der Waals surface area contributed by atoms with Crippen molar-refractivity contribution in [3.63, 3.8) is 0 Å². The van der Waals surface area contributed by atoms with Crippen molar-refractivity contribution in [2.45, 2.75) is 4.90 Å². The first kappa shape index (κ1) is 9.97. The van der Waals surface area contributed by atoms with Crippen LogP contribution in [-0.4, -0.2) is 12.3 Å². The van der Waals surface area contributed by atoms with Gasteiger partial charge < -0.3 is 0 Å². The highest BCUT2D eigenvalue weighted by atomic mass is 32.2. The minimum Gasteiger partial charge on any atom is -0.211 e. The van der Waals surface area contributed by atoms with Crippen LogP contribution in [0.4, 0.5) is 5.69 Å². The number of fused-ring (bicyclic) bond motifs is 1. The number of rotatable bonds is 2. The van der Waals surface area contributed by atoms with Gasteiger partial charge in [0.25, 0.3) is 0 Å². The molecule has 0 saturated heterocycles. The molecule has 0 heterocycles. The van der Waals surface area contributed by atoms with Gasteiger partial charge in [0.1, 0.15) is 0 Å². The molecule has 0 saturated carbocycles. The van der Waals surface area contributed by atoms with Gasteiger partial charge in [-0.1, -0.05) is 30.3 Å². The van der Waals surface area contributed by atoms with Gasteiger partial charge in [0, 0.05) is 4.90 Å². The number of hydrogen-bond donors (Lipinski definition) is 0. The van der Waals surface area contributed by atoms with Crippen molar-refractivity contribution >= 4 is 34.3 Å². The molecule has 2 aromatic rings. The molecule has 0 fully saturated rings. The Bertz CT molecular complexity index is 544. The Kier molecular flexibility index (Phi) is 2.86. The van der Waals surface area contributed by atoms with Gasteiger partial charge in [-0.2, -0.15) is 4.99 Å². The van der Waals surface area contributed by atoms with Gasteiger partial charge in [-0.05, 0) is 23.1 Å². The Morgan fingerprint density at radius 1 is 1.20 bits per heavy atom. The van der Waals surface area contributed by atoms with E-state index in [-0.39, 0.29) is 0 Å². The minimum atomic E-state index is 0.691. The Balaban J connectivity index is 2.80. The van der Waals surface area contributed by atoms with Gasteiger partial charge in [0.2, 0.25) is 6.08 Å². The van der Waals surface area contributed by atoms with Crippen LogP contribution in [0.2, 0.25) is 0 Å². The first-order valence-electron chi connectivity index (χ1n) is 4.50. The fourth-order valence-corrected chi connectivity index (χ4v) is 2.31. The summed E-state index contributed by atoms with van der Waals surface area (Å²) in [7, 11) is 0. The predicted octanol–water partition coefficient (Wildman–Crippen LogP) is 3.53. The smallest absolute Gasteiger partial charge is 0.211 e. The third-order valence-electron chi connectivity index (χ3n) is 2.23. The molecule has 0 atom stereocenters. The van der Waals surface area contributed by atoms with E-state index in [9.17, 15) is 4.79 Å². The van der Waals surface area contributed by atoms with Crippen LogP contribution in [0.5, 0.6) is 0 Å². The Labute approximate surface area is 92.0 Å². The molecule has 0 aliphatic rings. The highest BCUT2D eigenvalue weighted by Gasteiger charge is 2.05. The molecule has 2 rings (SSSR count). The van der Waals surface area contributed by atoms with Crippen LogP contribution in [0.1, 0.15) is 0 Å². The highest BCUT2D eigenvalue weighted by Crippen LogP contribution is 2.34. The number of aliphatic imine (C=N–C) groups is 1. The van der Waals surface area contributed by atoms with E-state index in [1.807, 2.05) is 42.7 Å². The molecule has 2 aromatic carbocycles. The van der Waals surface area contributed by atoms with Crippen molar-refractivity contribution in [2.24, 2.45) is 4.99 Å². The lowest BCUT2D eigenvalue weighted by molar-refractivity contribution is 0.565. The van der Waals surface area contributed by atoms with Gasteiger partial charge >= 0.3 is 0 Å². The maximum absolute atomic E-state index is 10.3. The van der Waals surface area contributed by atoms with Gasteiger partial charge in [-0.15, -0.1) is 11.8 Å². The second kappa shape index (κ2) is 4.30. The summed E-state index contributed by atoms with van der Waals surface area (Å²) in [6.45, 7) is 0. The molecule has 0 unspecified atom stereocenters. The molecule has 2 nitrogen and oxygen atoms in total. The van der Waals surface area contributed by atoms with Crippen molar-refractivity contribution < 1.29 is 4.79 Å². The van der Waals surface area contributed by atoms with E-state index in [0.717, 1.165) is 15.7 Å². The second-order valence-electron chi connectivity index (χ2n) is 3.04. The summed E-state index contributed by atoms with van der Waals surface area (Å²) in [4.78, 5) is 15.0. The quantitative estimate of drug-likeness (QED) is 0.435. The lowest BCUT2D eigenvalue weighted by atomic mass is 10.1. The average Bonchev–Trinajstić information content (AvgIpc) is 2.29. The molecule has 0 aromatic heterocycles. The third kappa shape index (κ3) is 1.80. The molecule has 3 heteroatoms. The number of isocyanates is 1. The van der Waals surface area contributed by atoms with E-state index < -0.39 is 0 Å². The van der Waals surface area contributed by atoms with Crippen molar-refractivity contribution in [2.75, 3.05) is 6.26 Å². The van der Waals surface area contributed by atoms with Gasteiger partial charge in [-0.3, -0.25) is 0 Å². The van der Waals surface area contributed by atoms with Crippen molar-refractivity contribution in [1.29, 1.82) is 0 Å². The summed E-state index contributed by atoms with van der Waals surface area (Å²) < 4.78 is 0. The van der Waals surface area contributed by atoms with Gasteiger partial charge in [0.05, 0.1) is 5.69 Å². The summed E-state index contributed by atoms with van der Waals surface area (Å²) in [6, 6.07) is 11.9. The first-order valence-corrected chi connectivity index (χ1v) is 5.73. The topological polar surface area (TPSA) is 29.4 Å². The van der Waals surface area contributed by atoms with E-state index in [1.54, 1.807) is 17.8 Å². The molecule has 0 spiro atoms. The zero-order chi connectivity index (χ0) is 10.7. The molecular formula is C12H9NOS. The largest absolute Gasteiger partial charge is 0.240 e. The zero-order valence-corrected chi connectivity index (χ0v) is 9.04. The molecular weight excluding hydrogens is 206 g/mol. The van der Waals surface area contributed by atoms with E-state index in [4.69, 9.17) is 0 Å². The Hall–Kier alpha value is -1.57. The Morgan fingerprint density at radius 2 is 2.00 bits per heavy atom. The van der Waals surface area contributed by atoms with E-state index in [0.29, 0.717) is 5.69 Å². The maximum Gasteiger partial charge on any atom is 0.240 e. The lowest BCUT2D eigenvalue weighted by Gasteiger charge is -2.05. The summed E-state index contributed by atoms with van der Waals surface area (Å²) >= 11 is 1.59. The van der Waals surface area contributed by atoms with Gasteiger partial charge in [-0.25, -0.2) is 4.79 Å². The van der Waals surface area contributed by atoms with Crippen LogP contribution in [0.15, 0.2) is 46.3 Å². The van der Waals surface area contributed by atoms with Crippen LogP contribution in [0, 0.1) is 0 Å². The standard InChI is InChI=1S/C12H9NOS/c1-15-12-10-5-3-2-4-9(10)6-7-11(12)13-8-14/h2-7H,1H3. The second-order valence-corrected chi connectivity index (χ2v) is 3.86. The predicted molar refractivity (Wildman–Crippen MR) is 63.5 cm³/mol. The molecule has 0 aliphatic carbocycles. The van der Waals surface area contributed by atoms with Gasteiger partial charge in [0.15, 0.2) is 0 Å². The molecule has 0 N–H and O–H groups in total. The molecule has 0 aliphatic heterocycles. The van der Waals surface area contributed by atoms with Crippen molar-refractivity contribution in [3.05, 3.63) is 36.4 Å². The van der Waals surface area contributed by atoms with Crippen molar-refractivity contribution in [1.82, 2.24) is 0 Å². The van der Waals surface area contributed by atoms with E-state index >= 15 is 0 Å². The average molecular weight is 215 g/mol. The van der Waals surface area contributed by atoms with Crippen molar-refractivity contribution in [3.8, 4) is 0 Å². The highest BCUT2D eigenvalue weighted by molar-refractivity contribution is 7.99. The molecule has 0 bridgehead atoms. The Morgan fingerprint density at radius 3 is 2.73 bits per heavy atom. The summed E-state index contributed by atoms with van der Waals surface area (Å²) in [5, 5.41) is 2.29. The molecule has 0 radical (unpaired) electrons. The lowest BCUT2D eigenvalue weighted by Crippen LogP contribution is -1.78. The summed E-state index contributed by atoms with van der Waals surface area (Å²) in [6.07, 6.45) is 3.56. The number of benzene rings is 2. The van der Waals surface area contributed by atoms with Crippen LogP contribution < -0.4 is 0 Å². The fourth-order valence-electron chi connectivity index (χ4n) is 1.58. The van der Waals surface area contributed by atoms with Crippen LogP contribution >= 0.6 is 11.8 Å². The maximum atomic E-state index is 10.3. The SMILES string of the molecule is CSc1c(N=C=O)ccc2ccccc12. The summed E-state index contributed by atoms with van der Waals surface area (Å²) in [5.41, 5.74) is 0.691. The molecule has 0 amide bonds. The first-order chi connectivity index (χ1) is 7.36. The van der Waals surface area contributed by atoms with E-state index in [2.05, 4.69) is 4.99 Å². The van der Waals surface area contributed by atoms with Crippen LogP contribution in [0.3, 0.4) is 0 Å². The zero-order valence-electron chi connectivity index (χ0n) is 8.23. The fraction of sp³-hybridized carbons (Fsp3) is 0.0833. The normalized spacial score (nSPS) is 9.93. The number of hydrogen-bond acceptors (Lipinski definition) is 3. The van der Waals surface area contributed by atoms with Crippen LogP contribution in [0.25, 0.3) is 10.8 Å². The number of carbonyl (C=O) groups excluding carboxylic acids is 1. The van der Waals surface area contributed by atoms with E-state index in [1.165, 1.54) is 0 Å². The number of nitrogens with zero attached hydrogens (tertiary/aromatic N) is 1. The van der Waals surface area contributed by atoms with Crippen LogP contribution in [-0.2, 0) is 4.79 Å². The summed E-state index contributed by atoms with van der Waals surface area (Å²) in [5.74, 6) is 0. The molecule has 74 valence electrons.